The van der Waals surface area contributed by atoms with E-state index in [4.69, 9.17) is 10.2 Å². The van der Waals surface area contributed by atoms with Crippen LogP contribution < -0.4 is 0 Å². The van der Waals surface area contributed by atoms with Crippen molar-refractivity contribution < 1.29 is 24.3 Å². The van der Waals surface area contributed by atoms with Crippen LogP contribution in [0.4, 0.5) is 0 Å². The number of carbonyl (C=O) groups is 1. The minimum absolute atomic E-state index is 0.105. The number of hydrogen-bond acceptors (Lipinski definition) is 6. The molecule has 1 aromatic heterocycles. The predicted octanol–water partition coefficient (Wildman–Crippen LogP) is -0.185. The van der Waals surface area contributed by atoms with Gasteiger partial charge in [0.15, 0.2) is 0 Å². The van der Waals surface area contributed by atoms with E-state index in [2.05, 4.69) is 19.4 Å². The summed E-state index contributed by atoms with van der Waals surface area (Å²) in [6, 6.07) is 0. The molecule has 1 aromatic rings. The van der Waals surface area contributed by atoms with Crippen molar-refractivity contribution in [3.05, 3.63) is 12.0 Å². The highest BCUT2D eigenvalue weighted by molar-refractivity contribution is 6.41. The summed E-state index contributed by atoms with van der Waals surface area (Å²) >= 11 is 0. The monoisotopic (exact) mass is 186 g/mol. The molecule has 13 heavy (non-hydrogen) atoms. The average molecular weight is 186 g/mol. The second-order valence-electron chi connectivity index (χ2n) is 1.94. The highest BCUT2D eigenvalue weighted by Crippen LogP contribution is 2.08. The van der Waals surface area contributed by atoms with Gasteiger partial charge in [-0.25, -0.2) is 4.79 Å². The summed E-state index contributed by atoms with van der Waals surface area (Å²) in [5, 5.41) is 20.5. The van der Waals surface area contributed by atoms with E-state index in [1.807, 2.05) is 0 Å². The van der Waals surface area contributed by atoms with Crippen LogP contribution in [0.2, 0.25) is 0 Å². The summed E-state index contributed by atoms with van der Waals surface area (Å²) in [5.41, 5.74) is -0.543. The molecule has 0 bridgehead atoms. The van der Waals surface area contributed by atoms with E-state index < -0.39 is 17.8 Å². The summed E-state index contributed by atoms with van der Waals surface area (Å²) in [6.07, 6.45) is 0.335. The van der Waals surface area contributed by atoms with Gasteiger partial charge in [0.1, 0.15) is 19.1 Å². The lowest BCUT2D eigenvalue weighted by Crippen LogP contribution is -2.15. The maximum atomic E-state index is 10.5. The first-order valence-electron chi connectivity index (χ1n) is 3.14. The molecule has 1 heterocycles. The number of oxazole rings is 1. The second kappa shape index (κ2) is 3.57. The summed E-state index contributed by atoms with van der Waals surface area (Å²) in [7, 11) is 1.20. The SMILES string of the molecule is CO/N=C(\C(=O)O)c1coc(O)n1. The Morgan fingerprint density at radius 1 is 1.77 bits per heavy atom. The van der Waals surface area contributed by atoms with Gasteiger partial charge in [-0.15, -0.1) is 0 Å². The zero-order chi connectivity index (χ0) is 9.84. The average Bonchev–Trinajstić information content (AvgIpc) is 2.46. The van der Waals surface area contributed by atoms with Crippen LogP contribution in [0.25, 0.3) is 0 Å². The fourth-order valence-electron chi connectivity index (χ4n) is 0.660. The zero-order valence-corrected chi connectivity index (χ0v) is 6.59. The molecule has 2 N–H and O–H groups in total. The summed E-state index contributed by atoms with van der Waals surface area (Å²) < 4.78 is 4.39. The molecule has 0 radical (unpaired) electrons. The van der Waals surface area contributed by atoms with E-state index in [1.165, 1.54) is 7.11 Å². The van der Waals surface area contributed by atoms with Crippen LogP contribution in [-0.4, -0.2) is 34.0 Å². The van der Waals surface area contributed by atoms with Gasteiger partial charge in [-0.05, 0) is 0 Å². The molecule has 0 aliphatic carbocycles. The van der Waals surface area contributed by atoms with Crippen LogP contribution in [-0.2, 0) is 9.63 Å². The molecule has 0 saturated carbocycles. The minimum atomic E-state index is -1.32. The lowest BCUT2D eigenvalue weighted by atomic mass is 10.3. The van der Waals surface area contributed by atoms with Gasteiger partial charge in [0.2, 0.25) is 5.71 Å². The molecular weight excluding hydrogens is 180 g/mol. The van der Waals surface area contributed by atoms with Gasteiger partial charge < -0.3 is 19.5 Å². The fourth-order valence-corrected chi connectivity index (χ4v) is 0.660. The third-order valence-corrected chi connectivity index (χ3v) is 1.12. The lowest BCUT2D eigenvalue weighted by molar-refractivity contribution is -0.129. The van der Waals surface area contributed by atoms with Crippen LogP contribution in [0.3, 0.4) is 0 Å². The third-order valence-electron chi connectivity index (χ3n) is 1.12. The summed E-state index contributed by atoms with van der Waals surface area (Å²) in [5.74, 6) is -1.32. The lowest BCUT2D eigenvalue weighted by Gasteiger charge is -1.93. The molecule has 70 valence electrons. The topological polar surface area (TPSA) is 105 Å². The molecule has 7 nitrogen and oxygen atoms in total. The van der Waals surface area contributed by atoms with Crippen molar-refractivity contribution in [2.24, 2.45) is 5.16 Å². The highest BCUT2D eigenvalue weighted by atomic mass is 16.6. The molecule has 7 heteroatoms. The number of aromatic hydroxyl groups is 1. The van der Waals surface area contributed by atoms with Crippen molar-refractivity contribution in [3.8, 4) is 6.08 Å². The van der Waals surface area contributed by atoms with Gasteiger partial charge >= 0.3 is 12.0 Å². The van der Waals surface area contributed by atoms with Crippen molar-refractivity contribution in [1.29, 1.82) is 0 Å². The van der Waals surface area contributed by atoms with Crippen molar-refractivity contribution in [1.82, 2.24) is 4.98 Å². The number of hydrogen-bond donors (Lipinski definition) is 2. The Bertz CT molecular complexity index is 343. The standard InChI is InChI=1S/C6H6N2O5/c1-12-8-4(5(9)10)3-2-13-6(11)7-3/h2H,1H3,(H,7,11)(H,9,10)/b8-4-. The summed E-state index contributed by atoms with van der Waals surface area (Å²) in [6.45, 7) is 0. The normalized spacial score (nSPS) is 11.3. The Morgan fingerprint density at radius 2 is 2.46 bits per heavy atom. The number of rotatable bonds is 3. The molecule has 0 amide bonds. The fraction of sp³-hybridized carbons (Fsp3) is 0.167. The number of aromatic nitrogens is 1. The molecular formula is C6H6N2O5. The molecule has 1 rings (SSSR count). The Kier molecular flexibility index (Phi) is 2.48. The van der Waals surface area contributed by atoms with E-state index in [0.717, 1.165) is 6.26 Å². The smallest absolute Gasteiger partial charge is 0.391 e. The molecule has 0 aromatic carbocycles. The predicted molar refractivity (Wildman–Crippen MR) is 39.3 cm³/mol. The molecule has 0 spiro atoms. The van der Waals surface area contributed by atoms with Gasteiger partial charge in [0, 0.05) is 0 Å². The largest absolute Gasteiger partial charge is 0.476 e. The number of oxime groups is 1. The Balaban J connectivity index is 3.02. The summed E-state index contributed by atoms with van der Waals surface area (Å²) in [4.78, 5) is 18.1. The Morgan fingerprint density at radius 3 is 2.85 bits per heavy atom. The molecule has 0 fully saturated rings. The second-order valence-corrected chi connectivity index (χ2v) is 1.94. The first kappa shape index (κ1) is 9.04. The van der Waals surface area contributed by atoms with Crippen LogP contribution in [0.1, 0.15) is 5.69 Å². The maximum absolute atomic E-state index is 10.5. The van der Waals surface area contributed by atoms with Crippen LogP contribution in [0.5, 0.6) is 6.08 Å². The molecule has 0 saturated heterocycles. The van der Waals surface area contributed by atoms with Gasteiger partial charge in [-0.1, -0.05) is 5.16 Å². The number of carboxylic acid groups (broad SMARTS) is 1. The van der Waals surface area contributed by atoms with Crippen molar-refractivity contribution >= 4 is 11.7 Å². The van der Waals surface area contributed by atoms with E-state index in [0.29, 0.717) is 0 Å². The van der Waals surface area contributed by atoms with E-state index in [9.17, 15) is 4.79 Å². The van der Waals surface area contributed by atoms with E-state index in [1.54, 1.807) is 0 Å². The molecule has 0 aliphatic rings. The van der Waals surface area contributed by atoms with E-state index in [-0.39, 0.29) is 5.69 Å². The van der Waals surface area contributed by atoms with Gasteiger partial charge in [0.25, 0.3) is 0 Å². The van der Waals surface area contributed by atoms with Crippen molar-refractivity contribution in [2.75, 3.05) is 7.11 Å². The van der Waals surface area contributed by atoms with Gasteiger partial charge in [0.05, 0.1) is 0 Å². The Labute approximate surface area is 72.3 Å². The van der Waals surface area contributed by atoms with Crippen LogP contribution in [0, 0.1) is 0 Å². The quantitative estimate of drug-likeness (QED) is 0.500. The first-order chi connectivity index (χ1) is 6.15. The van der Waals surface area contributed by atoms with Crippen molar-refractivity contribution in [2.45, 2.75) is 0 Å². The maximum Gasteiger partial charge on any atom is 0.391 e. The highest BCUT2D eigenvalue weighted by Gasteiger charge is 2.18. The van der Waals surface area contributed by atoms with E-state index >= 15 is 0 Å². The zero-order valence-electron chi connectivity index (χ0n) is 6.59. The number of carboxylic acids is 1. The Hall–Kier alpha value is -2.05. The first-order valence-corrected chi connectivity index (χ1v) is 3.14. The minimum Gasteiger partial charge on any atom is -0.476 e. The van der Waals surface area contributed by atoms with Gasteiger partial charge in [-0.3, -0.25) is 0 Å². The molecule has 0 aliphatic heterocycles. The van der Waals surface area contributed by atoms with Crippen LogP contribution in [0.15, 0.2) is 15.8 Å². The number of nitrogens with zero attached hydrogens (tertiary/aromatic N) is 2. The molecule has 0 unspecified atom stereocenters. The number of aliphatic carboxylic acids is 1. The third kappa shape index (κ3) is 1.95. The molecule has 0 atom stereocenters. The van der Waals surface area contributed by atoms with Crippen LogP contribution >= 0.6 is 0 Å². The van der Waals surface area contributed by atoms with Gasteiger partial charge in [-0.2, -0.15) is 4.98 Å². The van der Waals surface area contributed by atoms with Crippen molar-refractivity contribution in [3.63, 3.8) is 0 Å².